The molecule has 1 heterocycles. The Hall–Kier alpha value is -1.32. The van der Waals surface area contributed by atoms with Gasteiger partial charge in [-0.1, -0.05) is 0 Å². The van der Waals surface area contributed by atoms with Crippen LogP contribution < -0.4 is 5.73 Å². The van der Waals surface area contributed by atoms with Crippen molar-refractivity contribution in [3.8, 4) is 0 Å². The van der Waals surface area contributed by atoms with Crippen LogP contribution in [-0.2, 0) is 16.8 Å². The summed E-state index contributed by atoms with van der Waals surface area (Å²) < 4.78 is 1.96. The molecule has 2 N–H and O–H groups in total. The summed E-state index contributed by atoms with van der Waals surface area (Å²) in [6, 6.07) is 0. The molecule has 0 aliphatic rings. The molecule has 72 valence electrons. The van der Waals surface area contributed by atoms with Crippen LogP contribution in [0.4, 0.5) is 0 Å². The molecule has 1 amide bonds. The van der Waals surface area contributed by atoms with Crippen molar-refractivity contribution in [2.75, 3.05) is 0 Å². The molecule has 13 heavy (non-hydrogen) atoms. The van der Waals surface area contributed by atoms with Crippen molar-refractivity contribution in [2.24, 2.45) is 5.73 Å². The Morgan fingerprint density at radius 3 is 2.69 bits per heavy atom. The molecule has 0 aliphatic carbocycles. The number of rotatable bonds is 2. The minimum atomic E-state index is -0.328. The molecule has 0 spiro atoms. The second-order valence-corrected chi connectivity index (χ2v) is 4.07. The lowest BCUT2D eigenvalue weighted by Crippen LogP contribution is -2.25. The van der Waals surface area contributed by atoms with Gasteiger partial charge < -0.3 is 10.3 Å². The number of amides is 1. The maximum atomic E-state index is 10.7. The van der Waals surface area contributed by atoms with Crippen molar-refractivity contribution >= 4 is 5.91 Å². The van der Waals surface area contributed by atoms with Gasteiger partial charge in [-0.15, -0.1) is 0 Å². The molecule has 0 aliphatic heterocycles. The molecule has 0 atom stereocenters. The SMILES string of the molecule is CC(C)(C)n1cncc1CC(N)=O. The van der Waals surface area contributed by atoms with Gasteiger partial charge in [0.15, 0.2) is 0 Å². The van der Waals surface area contributed by atoms with Crippen LogP contribution in [0.2, 0.25) is 0 Å². The number of aromatic nitrogens is 2. The third-order valence-corrected chi connectivity index (χ3v) is 1.79. The number of imidazole rings is 1. The lowest BCUT2D eigenvalue weighted by Gasteiger charge is -2.23. The van der Waals surface area contributed by atoms with Gasteiger partial charge in [-0.3, -0.25) is 4.79 Å². The third-order valence-electron chi connectivity index (χ3n) is 1.79. The summed E-state index contributed by atoms with van der Waals surface area (Å²) in [6.45, 7) is 6.16. The van der Waals surface area contributed by atoms with Gasteiger partial charge in [0.25, 0.3) is 0 Å². The van der Waals surface area contributed by atoms with E-state index >= 15 is 0 Å². The van der Waals surface area contributed by atoms with Crippen LogP contribution in [0.25, 0.3) is 0 Å². The molecule has 0 bridgehead atoms. The summed E-state index contributed by atoms with van der Waals surface area (Å²) in [5.41, 5.74) is 5.92. The third kappa shape index (κ3) is 2.31. The van der Waals surface area contributed by atoms with Crippen LogP contribution in [0.5, 0.6) is 0 Å². The minimum Gasteiger partial charge on any atom is -0.369 e. The van der Waals surface area contributed by atoms with E-state index in [1.807, 2.05) is 4.57 Å². The molecule has 0 saturated carbocycles. The number of hydrogen-bond donors (Lipinski definition) is 1. The van der Waals surface area contributed by atoms with Crippen LogP contribution in [0.15, 0.2) is 12.5 Å². The quantitative estimate of drug-likeness (QED) is 0.728. The fourth-order valence-electron chi connectivity index (χ4n) is 1.24. The second-order valence-electron chi connectivity index (χ2n) is 4.07. The normalized spacial score (nSPS) is 11.6. The molecule has 4 nitrogen and oxygen atoms in total. The van der Waals surface area contributed by atoms with Crippen molar-refractivity contribution < 1.29 is 4.79 Å². The zero-order valence-corrected chi connectivity index (χ0v) is 8.24. The second kappa shape index (κ2) is 3.20. The molecular formula is C9H15N3O. The van der Waals surface area contributed by atoms with Gasteiger partial charge in [-0.2, -0.15) is 0 Å². The highest BCUT2D eigenvalue weighted by Gasteiger charge is 2.16. The van der Waals surface area contributed by atoms with E-state index in [2.05, 4.69) is 25.8 Å². The molecule has 0 unspecified atom stereocenters. The summed E-state index contributed by atoms with van der Waals surface area (Å²) in [7, 11) is 0. The van der Waals surface area contributed by atoms with Gasteiger partial charge in [0, 0.05) is 17.4 Å². The predicted molar refractivity (Wildman–Crippen MR) is 50.1 cm³/mol. The molecule has 1 aromatic rings. The monoisotopic (exact) mass is 181 g/mol. The number of hydrogen-bond acceptors (Lipinski definition) is 2. The first kappa shape index (κ1) is 9.77. The fourth-order valence-corrected chi connectivity index (χ4v) is 1.24. The molecular weight excluding hydrogens is 166 g/mol. The van der Waals surface area contributed by atoms with Crippen LogP contribution in [0.3, 0.4) is 0 Å². The molecule has 0 saturated heterocycles. The average molecular weight is 181 g/mol. The summed E-state index contributed by atoms with van der Waals surface area (Å²) >= 11 is 0. The zero-order valence-electron chi connectivity index (χ0n) is 8.24. The molecule has 1 rings (SSSR count). The Morgan fingerprint density at radius 1 is 1.62 bits per heavy atom. The Labute approximate surface area is 77.8 Å². The number of carbonyl (C=O) groups excluding carboxylic acids is 1. The highest BCUT2D eigenvalue weighted by molar-refractivity contribution is 5.76. The molecule has 4 heteroatoms. The maximum absolute atomic E-state index is 10.7. The fraction of sp³-hybridized carbons (Fsp3) is 0.556. The van der Waals surface area contributed by atoms with Gasteiger partial charge in [0.2, 0.25) is 5.91 Å². The van der Waals surface area contributed by atoms with Crippen LogP contribution in [0.1, 0.15) is 26.5 Å². The summed E-state index contributed by atoms with van der Waals surface area (Å²) in [5.74, 6) is -0.328. The number of nitrogens with two attached hydrogens (primary N) is 1. The first-order valence-corrected chi connectivity index (χ1v) is 4.21. The highest BCUT2D eigenvalue weighted by atomic mass is 16.1. The number of primary amides is 1. The van der Waals surface area contributed by atoms with Crippen molar-refractivity contribution in [3.05, 3.63) is 18.2 Å². The van der Waals surface area contributed by atoms with Crippen LogP contribution in [-0.4, -0.2) is 15.5 Å². The Kier molecular flexibility index (Phi) is 2.40. The molecule has 0 aromatic carbocycles. The van der Waals surface area contributed by atoms with E-state index in [4.69, 9.17) is 5.73 Å². The van der Waals surface area contributed by atoms with Gasteiger partial charge in [0.05, 0.1) is 12.7 Å². The van der Waals surface area contributed by atoms with Crippen molar-refractivity contribution in [2.45, 2.75) is 32.7 Å². The summed E-state index contributed by atoms with van der Waals surface area (Å²) in [4.78, 5) is 14.7. The van der Waals surface area contributed by atoms with E-state index in [-0.39, 0.29) is 17.9 Å². The summed E-state index contributed by atoms with van der Waals surface area (Å²) in [5, 5.41) is 0. The summed E-state index contributed by atoms with van der Waals surface area (Å²) in [6.07, 6.45) is 3.64. The Balaban J connectivity index is 2.96. The Morgan fingerprint density at radius 2 is 2.23 bits per heavy atom. The van der Waals surface area contributed by atoms with Crippen LogP contribution >= 0.6 is 0 Å². The van der Waals surface area contributed by atoms with E-state index in [9.17, 15) is 4.79 Å². The van der Waals surface area contributed by atoms with Gasteiger partial charge in [-0.25, -0.2) is 4.98 Å². The Bertz CT molecular complexity index is 309. The van der Waals surface area contributed by atoms with Crippen molar-refractivity contribution in [1.82, 2.24) is 9.55 Å². The van der Waals surface area contributed by atoms with Crippen molar-refractivity contribution in [3.63, 3.8) is 0 Å². The van der Waals surface area contributed by atoms with E-state index in [0.717, 1.165) is 5.69 Å². The number of carbonyl (C=O) groups is 1. The topological polar surface area (TPSA) is 60.9 Å². The average Bonchev–Trinajstić information content (AvgIpc) is 2.31. The van der Waals surface area contributed by atoms with E-state index in [0.29, 0.717) is 0 Å². The zero-order chi connectivity index (χ0) is 10.1. The van der Waals surface area contributed by atoms with Gasteiger partial charge in [-0.05, 0) is 20.8 Å². The van der Waals surface area contributed by atoms with E-state index < -0.39 is 0 Å². The lowest BCUT2D eigenvalue weighted by atomic mass is 10.1. The lowest BCUT2D eigenvalue weighted by molar-refractivity contribution is -0.117. The van der Waals surface area contributed by atoms with E-state index in [1.54, 1.807) is 12.5 Å². The highest BCUT2D eigenvalue weighted by Crippen LogP contribution is 2.16. The largest absolute Gasteiger partial charge is 0.369 e. The first-order chi connectivity index (χ1) is 5.91. The van der Waals surface area contributed by atoms with Crippen molar-refractivity contribution in [1.29, 1.82) is 0 Å². The maximum Gasteiger partial charge on any atom is 0.223 e. The van der Waals surface area contributed by atoms with E-state index in [1.165, 1.54) is 0 Å². The molecule has 1 aromatic heterocycles. The smallest absolute Gasteiger partial charge is 0.223 e. The first-order valence-electron chi connectivity index (χ1n) is 4.21. The van der Waals surface area contributed by atoms with Gasteiger partial charge in [0.1, 0.15) is 0 Å². The predicted octanol–water partition coefficient (Wildman–Crippen LogP) is 0.666. The standard InChI is InChI=1S/C9H15N3O/c1-9(2,3)12-6-11-5-7(12)4-8(10)13/h5-6H,4H2,1-3H3,(H2,10,13). The molecule has 0 radical (unpaired) electrons. The minimum absolute atomic E-state index is 0.0543. The van der Waals surface area contributed by atoms with Crippen LogP contribution in [0, 0.1) is 0 Å². The van der Waals surface area contributed by atoms with Gasteiger partial charge >= 0.3 is 0 Å². The number of nitrogens with zero attached hydrogens (tertiary/aromatic N) is 2. The molecule has 0 fully saturated rings.